The Hall–Kier alpha value is -4.10. The van der Waals surface area contributed by atoms with Crippen LogP contribution < -0.4 is 4.90 Å². The number of carbonyl (C=O) groups is 2. The van der Waals surface area contributed by atoms with E-state index in [1.807, 2.05) is 0 Å². The van der Waals surface area contributed by atoms with Gasteiger partial charge in [0.05, 0.1) is 12.1 Å². The lowest BCUT2D eigenvalue weighted by Gasteiger charge is -2.37. The lowest BCUT2D eigenvalue weighted by atomic mass is 9.90. The highest BCUT2D eigenvalue weighted by Gasteiger charge is 2.47. The van der Waals surface area contributed by atoms with E-state index >= 15 is 0 Å². The van der Waals surface area contributed by atoms with Crippen molar-refractivity contribution in [3.05, 3.63) is 89.6 Å². The van der Waals surface area contributed by atoms with Crippen molar-refractivity contribution in [1.82, 2.24) is 9.47 Å². The van der Waals surface area contributed by atoms with Crippen molar-refractivity contribution in [3.8, 4) is 11.1 Å². The molecule has 7 heteroatoms. The number of nitrogens with zero attached hydrogens (tertiary/aromatic N) is 3. The van der Waals surface area contributed by atoms with Crippen molar-refractivity contribution in [2.24, 2.45) is 0 Å². The van der Waals surface area contributed by atoms with Gasteiger partial charge >= 0.3 is 12.1 Å². The molecule has 4 aromatic rings. The first-order valence-corrected chi connectivity index (χ1v) is 14.0. The minimum absolute atomic E-state index is 0.198. The number of carboxylic acids is 1. The van der Waals surface area contributed by atoms with Gasteiger partial charge in [0.15, 0.2) is 0 Å². The maximum Gasteiger partial charge on any atom is 0.415 e. The maximum absolute atomic E-state index is 12.8. The molecule has 0 unspecified atom stereocenters. The molecule has 6 rings (SSSR count). The molecule has 1 N–H and O–H groups in total. The Morgan fingerprint density at radius 1 is 0.975 bits per heavy atom. The first-order chi connectivity index (χ1) is 19.2. The largest absolute Gasteiger partial charge is 0.478 e. The first kappa shape index (κ1) is 26.1. The van der Waals surface area contributed by atoms with Gasteiger partial charge in [0.2, 0.25) is 0 Å². The van der Waals surface area contributed by atoms with Gasteiger partial charge < -0.3 is 14.4 Å². The number of benzene rings is 3. The van der Waals surface area contributed by atoms with E-state index in [1.54, 1.807) is 17.0 Å². The Morgan fingerprint density at radius 3 is 2.35 bits per heavy atom. The third kappa shape index (κ3) is 4.64. The number of piperidine rings is 1. The molecule has 0 radical (unpaired) electrons. The summed E-state index contributed by atoms with van der Waals surface area (Å²) in [7, 11) is 0. The van der Waals surface area contributed by atoms with Crippen LogP contribution in [-0.2, 0) is 11.3 Å². The fraction of sp³-hybridized carbons (Fsp3) is 0.333. The van der Waals surface area contributed by atoms with Crippen LogP contribution in [0.5, 0.6) is 0 Å². The number of likely N-dealkylation sites (tertiary alicyclic amines) is 1. The molecule has 2 aliphatic heterocycles. The molecule has 3 heterocycles. The Balaban J connectivity index is 1.22. The molecule has 1 amide bonds. The molecule has 1 aromatic heterocycles. The van der Waals surface area contributed by atoms with Crippen LogP contribution in [0.25, 0.3) is 22.0 Å². The van der Waals surface area contributed by atoms with Gasteiger partial charge in [-0.3, -0.25) is 9.80 Å². The predicted molar refractivity (Wildman–Crippen MR) is 157 cm³/mol. The molecule has 40 heavy (non-hydrogen) atoms. The van der Waals surface area contributed by atoms with Crippen LogP contribution in [0.15, 0.2) is 72.9 Å². The average Bonchev–Trinajstić information content (AvgIpc) is 3.48. The fourth-order valence-electron chi connectivity index (χ4n) is 6.27. The fourth-order valence-corrected chi connectivity index (χ4v) is 6.27. The lowest BCUT2D eigenvalue weighted by Crippen LogP contribution is -2.46. The van der Waals surface area contributed by atoms with Crippen molar-refractivity contribution < 1.29 is 19.4 Å². The monoisotopic (exact) mass is 537 g/mol. The molecule has 0 atom stereocenters. The summed E-state index contributed by atoms with van der Waals surface area (Å²) in [4.78, 5) is 28.1. The number of anilines is 1. The zero-order chi connectivity index (χ0) is 28.0. The zero-order valence-corrected chi connectivity index (χ0v) is 23.3. The molecule has 3 aromatic carbocycles. The summed E-state index contributed by atoms with van der Waals surface area (Å²) in [6.07, 6.45) is 3.48. The van der Waals surface area contributed by atoms with E-state index in [0.717, 1.165) is 32.5 Å². The van der Waals surface area contributed by atoms with Gasteiger partial charge in [0.25, 0.3) is 0 Å². The molecular weight excluding hydrogens is 502 g/mol. The SMILES string of the molecule is Cc1ccccc1-c1cccc2c1c(CN1CCC3(CC1)CN(c1ccc(C(=O)O)cc1)C(=O)O3)cn2C(C)C. The number of ether oxygens (including phenoxy) is 1. The molecule has 0 bridgehead atoms. The van der Waals surface area contributed by atoms with Gasteiger partial charge in [0.1, 0.15) is 5.60 Å². The van der Waals surface area contributed by atoms with Crippen LogP contribution in [0.3, 0.4) is 0 Å². The van der Waals surface area contributed by atoms with Crippen molar-refractivity contribution >= 4 is 28.7 Å². The third-order valence-electron chi connectivity index (χ3n) is 8.49. The molecule has 2 fully saturated rings. The van der Waals surface area contributed by atoms with E-state index in [2.05, 4.69) is 78.9 Å². The second-order valence-electron chi connectivity index (χ2n) is 11.4. The Labute approximate surface area is 234 Å². The van der Waals surface area contributed by atoms with Gasteiger partial charge in [-0.1, -0.05) is 36.4 Å². The van der Waals surface area contributed by atoms with Crippen molar-refractivity contribution in [1.29, 1.82) is 0 Å². The van der Waals surface area contributed by atoms with Crippen LogP contribution in [0.4, 0.5) is 10.5 Å². The van der Waals surface area contributed by atoms with Crippen LogP contribution in [0.1, 0.15) is 54.2 Å². The van der Waals surface area contributed by atoms with E-state index in [0.29, 0.717) is 18.3 Å². The normalized spacial score (nSPS) is 17.2. The van der Waals surface area contributed by atoms with Gasteiger partial charge in [-0.05, 0) is 73.4 Å². The number of fused-ring (bicyclic) bond motifs is 1. The third-order valence-corrected chi connectivity index (χ3v) is 8.49. The summed E-state index contributed by atoms with van der Waals surface area (Å²) in [5, 5.41) is 10.5. The number of amides is 1. The Kier molecular flexibility index (Phi) is 6.62. The quantitative estimate of drug-likeness (QED) is 0.290. The highest BCUT2D eigenvalue weighted by Crippen LogP contribution is 2.39. The Bertz CT molecular complexity index is 1580. The first-order valence-electron chi connectivity index (χ1n) is 14.0. The number of rotatable bonds is 6. The van der Waals surface area contributed by atoms with E-state index < -0.39 is 11.6 Å². The summed E-state index contributed by atoms with van der Waals surface area (Å²) in [5.41, 5.74) is 6.73. The molecule has 0 saturated carbocycles. The van der Waals surface area contributed by atoms with Crippen LogP contribution in [-0.4, -0.2) is 51.9 Å². The van der Waals surface area contributed by atoms with Crippen LogP contribution in [0, 0.1) is 6.92 Å². The Morgan fingerprint density at radius 2 is 1.68 bits per heavy atom. The molecule has 2 saturated heterocycles. The van der Waals surface area contributed by atoms with Gasteiger partial charge in [-0.2, -0.15) is 0 Å². The molecule has 206 valence electrons. The lowest BCUT2D eigenvalue weighted by molar-refractivity contribution is -0.000898. The van der Waals surface area contributed by atoms with Gasteiger partial charge in [-0.15, -0.1) is 0 Å². The van der Waals surface area contributed by atoms with Crippen molar-refractivity contribution in [3.63, 3.8) is 0 Å². The number of aromatic nitrogens is 1. The van der Waals surface area contributed by atoms with E-state index in [4.69, 9.17) is 4.74 Å². The average molecular weight is 538 g/mol. The summed E-state index contributed by atoms with van der Waals surface area (Å²) < 4.78 is 8.35. The summed E-state index contributed by atoms with van der Waals surface area (Å²) in [6, 6.07) is 21.9. The minimum Gasteiger partial charge on any atom is -0.478 e. The zero-order valence-electron chi connectivity index (χ0n) is 23.3. The van der Waals surface area contributed by atoms with Crippen molar-refractivity contribution in [2.75, 3.05) is 24.5 Å². The number of hydrogen-bond donors (Lipinski definition) is 1. The highest BCUT2D eigenvalue weighted by atomic mass is 16.6. The van der Waals surface area contributed by atoms with Crippen LogP contribution in [0.2, 0.25) is 0 Å². The van der Waals surface area contributed by atoms with E-state index in [9.17, 15) is 14.7 Å². The highest BCUT2D eigenvalue weighted by molar-refractivity contribution is 5.99. The minimum atomic E-state index is -0.984. The number of carbonyl (C=O) groups excluding carboxylic acids is 1. The van der Waals surface area contributed by atoms with Gasteiger partial charge in [0, 0.05) is 61.3 Å². The number of aryl methyl sites for hydroxylation is 1. The second-order valence-corrected chi connectivity index (χ2v) is 11.4. The summed E-state index contributed by atoms with van der Waals surface area (Å²) >= 11 is 0. The predicted octanol–water partition coefficient (Wildman–Crippen LogP) is 6.89. The van der Waals surface area contributed by atoms with Crippen LogP contribution >= 0.6 is 0 Å². The smallest absolute Gasteiger partial charge is 0.415 e. The summed E-state index contributed by atoms with van der Waals surface area (Å²) in [5.74, 6) is -0.984. The van der Waals surface area contributed by atoms with E-state index in [1.165, 1.54) is 45.3 Å². The summed E-state index contributed by atoms with van der Waals surface area (Å²) in [6.45, 7) is 9.61. The molecule has 7 nitrogen and oxygen atoms in total. The molecule has 1 spiro atoms. The van der Waals surface area contributed by atoms with E-state index in [-0.39, 0.29) is 11.7 Å². The number of aromatic carboxylic acids is 1. The van der Waals surface area contributed by atoms with Crippen molar-refractivity contribution in [2.45, 2.75) is 51.8 Å². The standard InChI is InChI=1S/C33H35N3O4/c1-22(2)35-20-25(30-28(9-6-10-29(30)35)27-8-5-4-7-23(27)3)19-34-17-15-33(16-18-34)21-36(32(39)40-33)26-13-11-24(12-14-26)31(37)38/h4-14,20,22H,15-19,21H2,1-3H3,(H,37,38). The topological polar surface area (TPSA) is 75.0 Å². The van der Waals surface area contributed by atoms with Gasteiger partial charge in [-0.25, -0.2) is 9.59 Å². The molecular formula is C33H35N3O4. The molecule has 2 aliphatic rings. The maximum atomic E-state index is 12.8. The number of hydrogen-bond acceptors (Lipinski definition) is 4. The molecule has 0 aliphatic carbocycles. The second kappa shape index (κ2) is 10.1. The number of carboxylic acid groups (broad SMARTS) is 1.